The van der Waals surface area contributed by atoms with Gasteiger partial charge in [-0.3, -0.25) is 0 Å². The summed E-state index contributed by atoms with van der Waals surface area (Å²) in [6.45, 7) is 1.80. The van der Waals surface area contributed by atoms with E-state index in [1.165, 1.54) is 15.9 Å². The largest absolute Gasteiger partial charge is 0.519 e. The fourth-order valence-electron chi connectivity index (χ4n) is 3.70. The van der Waals surface area contributed by atoms with Crippen LogP contribution in [-0.4, -0.2) is 6.16 Å². The summed E-state index contributed by atoms with van der Waals surface area (Å²) in [5.74, 6) is 3.04. The maximum atomic E-state index is 12.4. The van der Waals surface area contributed by atoms with Crippen molar-refractivity contribution in [3.63, 3.8) is 0 Å². The summed E-state index contributed by atoms with van der Waals surface area (Å²) < 4.78 is 10.9. The lowest BCUT2D eigenvalue weighted by atomic mass is 10.3. The van der Waals surface area contributed by atoms with Crippen LogP contribution < -0.4 is 20.7 Å². The van der Waals surface area contributed by atoms with E-state index in [2.05, 4.69) is 42.2 Å². The van der Waals surface area contributed by atoms with Crippen molar-refractivity contribution >= 4 is 29.3 Å². The lowest BCUT2D eigenvalue weighted by Crippen LogP contribution is -2.30. The fourth-order valence-corrected chi connectivity index (χ4v) is 7.56. The summed E-state index contributed by atoms with van der Waals surface area (Å²) in [5.41, 5.74) is 0. The molecular weight excluding hydrogens is 415 g/mol. The molecule has 0 saturated carbocycles. The number of benzene rings is 4. The van der Waals surface area contributed by atoms with E-state index in [4.69, 9.17) is 9.47 Å². The third-order valence-corrected chi connectivity index (χ3v) is 9.14. The van der Waals surface area contributed by atoms with Crippen LogP contribution in [0.25, 0.3) is 0 Å². The van der Waals surface area contributed by atoms with Crippen molar-refractivity contribution in [2.24, 2.45) is 0 Å². The van der Waals surface area contributed by atoms with Crippen LogP contribution in [0.3, 0.4) is 0 Å². The minimum Gasteiger partial charge on any atom is -0.396 e. The molecule has 0 saturated heterocycles. The lowest BCUT2D eigenvalue weighted by molar-refractivity contribution is 0.127. The zero-order valence-electron chi connectivity index (χ0n) is 17.8. The molecule has 0 aliphatic rings. The van der Waals surface area contributed by atoms with Gasteiger partial charge in [0.2, 0.25) is 0 Å². The molecule has 0 unspecified atom stereocenters. The molecule has 0 aromatic heterocycles. The first-order valence-electron chi connectivity index (χ1n) is 10.4. The van der Waals surface area contributed by atoms with E-state index in [-0.39, 0.29) is 0 Å². The first-order valence-corrected chi connectivity index (χ1v) is 12.2. The summed E-state index contributed by atoms with van der Waals surface area (Å²) in [6.07, 6.45) is -0.753. The number of rotatable bonds is 6. The SMILES string of the molecule is C/C(=C\[P+](c1ccccc1)(c1ccccc1)c1ccccc1)OC(=O)Oc1ccccc1. The third kappa shape index (κ3) is 4.80. The highest BCUT2D eigenvalue weighted by atomic mass is 31.2. The van der Waals surface area contributed by atoms with Crippen LogP contribution in [0.4, 0.5) is 4.79 Å². The lowest BCUT2D eigenvalue weighted by Gasteiger charge is -2.24. The Kier molecular flexibility index (Phi) is 6.79. The molecule has 0 heterocycles. The van der Waals surface area contributed by atoms with Gasteiger partial charge in [0.1, 0.15) is 40.5 Å². The highest BCUT2D eigenvalue weighted by molar-refractivity contribution is 7.98. The normalized spacial score (nSPS) is 11.6. The molecule has 0 bridgehead atoms. The van der Waals surface area contributed by atoms with Crippen LogP contribution in [0.15, 0.2) is 133 Å². The van der Waals surface area contributed by atoms with Crippen molar-refractivity contribution in [2.45, 2.75) is 6.92 Å². The van der Waals surface area contributed by atoms with Crippen LogP contribution in [0.5, 0.6) is 5.75 Å². The van der Waals surface area contributed by atoms with Crippen molar-refractivity contribution in [3.05, 3.63) is 133 Å². The average Bonchev–Trinajstić information content (AvgIpc) is 2.85. The van der Waals surface area contributed by atoms with Crippen LogP contribution >= 0.6 is 7.26 Å². The molecule has 0 spiro atoms. The second-order valence-electron chi connectivity index (χ2n) is 7.24. The Morgan fingerprint density at radius 1 is 0.625 bits per heavy atom. The summed E-state index contributed by atoms with van der Waals surface area (Å²) >= 11 is 0. The van der Waals surface area contributed by atoms with Gasteiger partial charge in [0.25, 0.3) is 0 Å². The summed E-state index contributed by atoms with van der Waals surface area (Å²) in [5, 5.41) is 3.53. The predicted octanol–water partition coefficient (Wildman–Crippen LogP) is 6.06. The molecule has 0 atom stereocenters. The molecule has 4 rings (SSSR count). The first kappa shape index (κ1) is 21.5. The van der Waals surface area contributed by atoms with Crippen LogP contribution in [0, 0.1) is 0 Å². The van der Waals surface area contributed by atoms with E-state index in [0.717, 1.165) is 0 Å². The van der Waals surface area contributed by atoms with Gasteiger partial charge >= 0.3 is 6.16 Å². The molecule has 4 heteroatoms. The maximum absolute atomic E-state index is 12.4. The van der Waals surface area contributed by atoms with Gasteiger partial charge in [-0.1, -0.05) is 72.8 Å². The monoisotopic (exact) mass is 439 g/mol. The summed E-state index contributed by atoms with van der Waals surface area (Å²) in [4.78, 5) is 12.4. The van der Waals surface area contributed by atoms with Crippen molar-refractivity contribution in [2.75, 3.05) is 0 Å². The Morgan fingerprint density at radius 3 is 1.41 bits per heavy atom. The average molecular weight is 439 g/mol. The highest BCUT2D eigenvalue weighted by Crippen LogP contribution is 2.57. The van der Waals surface area contributed by atoms with E-state index in [0.29, 0.717) is 11.5 Å². The molecule has 0 N–H and O–H groups in total. The second-order valence-corrected chi connectivity index (χ2v) is 10.5. The number of carbonyl (C=O) groups excluding carboxylic acids is 1. The molecule has 0 aliphatic heterocycles. The topological polar surface area (TPSA) is 35.5 Å². The minimum absolute atomic E-state index is 0.445. The van der Waals surface area contributed by atoms with Crippen LogP contribution in [-0.2, 0) is 4.74 Å². The quantitative estimate of drug-likeness (QED) is 0.159. The van der Waals surface area contributed by atoms with Gasteiger partial charge in [0.05, 0.1) is 0 Å². The van der Waals surface area contributed by atoms with E-state index in [1.54, 1.807) is 19.1 Å². The second kappa shape index (κ2) is 10.1. The molecule has 0 fully saturated rings. The van der Waals surface area contributed by atoms with Gasteiger partial charge in [-0.15, -0.1) is 0 Å². The zero-order chi connectivity index (χ0) is 22.2. The Hall–Kier alpha value is -3.68. The molecule has 0 amide bonds. The number of hydrogen-bond donors (Lipinski definition) is 0. The third-order valence-electron chi connectivity index (χ3n) is 5.05. The first-order chi connectivity index (χ1) is 15.7. The van der Waals surface area contributed by atoms with E-state index >= 15 is 0 Å². The van der Waals surface area contributed by atoms with E-state index in [9.17, 15) is 4.79 Å². The van der Waals surface area contributed by atoms with Crippen molar-refractivity contribution in [1.29, 1.82) is 0 Å². The van der Waals surface area contributed by atoms with Crippen molar-refractivity contribution < 1.29 is 14.3 Å². The van der Waals surface area contributed by atoms with Crippen LogP contribution in [0.1, 0.15) is 6.92 Å². The van der Waals surface area contributed by atoms with Gasteiger partial charge < -0.3 is 9.47 Å². The molecule has 4 aromatic rings. The van der Waals surface area contributed by atoms with Crippen molar-refractivity contribution in [1.82, 2.24) is 0 Å². The Labute approximate surface area is 189 Å². The number of carbonyl (C=O) groups is 1. The van der Waals surface area contributed by atoms with Crippen LogP contribution in [0.2, 0.25) is 0 Å². The number of ether oxygens (including phenoxy) is 2. The van der Waals surface area contributed by atoms with E-state index in [1.807, 2.05) is 72.8 Å². The highest BCUT2D eigenvalue weighted by Gasteiger charge is 2.44. The Balaban J connectivity index is 1.79. The smallest absolute Gasteiger partial charge is 0.396 e. The minimum atomic E-state index is -2.24. The van der Waals surface area contributed by atoms with Gasteiger partial charge in [-0.2, -0.15) is 0 Å². The molecule has 3 nitrogen and oxygen atoms in total. The van der Waals surface area contributed by atoms with E-state index < -0.39 is 13.4 Å². The molecule has 0 aliphatic carbocycles. The molecule has 4 aromatic carbocycles. The maximum Gasteiger partial charge on any atom is 0.519 e. The summed E-state index contributed by atoms with van der Waals surface area (Å²) in [7, 11) is -2.24. The fraction of sp³-hybridized carbons (Fsp3) is 0.0357. The molecule has 0 radical (unpaired) electrons. The van der Waals surface area contributed by atoms with Gasteiger partial charge in [-0.25, -0.2) is 4.79 Å². The van der Waals surface area contributed by atoms with Crippen molar-refractivity contribution in [3.8, 4) is 5.75 Å². The number of para-hydroxylation sites is 1. The predicted molar refractivity (Wildman–Crippen MR) is 132 cm³/mol. The summed E-state index contributed by atoms with van der Waals surface area (Å²) in [6, 6.07) is 40.1. The Bertz CT molecular complexity index is 1080. The van der Waals surface area contributed by atoms with Gasteiger partial charge in [0.15, 0.2) is 0 Å². The molecule has 32 heavy (non-hydrogen) atoms. The Morgan fingerprint density at radius 2 is 1.00 bits per heavy atom. The molecule has 158 valence electrons. The molecular formula is C28H24O3P+. The van der Waals surface area contributed by atoms with Gasteiger partial charge in [-0.05, 0) is 55.5 Å². The van der Waals surface area contributed by atoms with Gasteiger partial charge in [0, 0.05) is 0 Å². The number of allylic oxidation sites excluding steroid dienone is 1. The zero-order valence-corrected chi connectivity index (χ0v) is 18.7. The number of hydrogen-bond acceptors (Lipinski definition) is 3. The standard InChI is InChI=1S/C28H24O3P/c1-23(30-28(29)31-24-14-6-2-7-15-24)22-32(25-16-8-3-9-17-25,26-18-10-4-11-19-26)27-20-12-5-13-21-27/h2-22H,1H3/q+1/b23-22+.